The first-order chi connectivity index (χ1) is 13.1. The summed E-state index contributed by atoms with van der Waals surface area (Å²) in [5.41, 5.74) is 0.149. The lowest BCUT2D eigenvalue weighted by Crippen LogP contribution is -2.49. The number of carbonyl (C=O) groups excluding carboxylic acids is 1. The summed E-state index contributed by atoms with van der Waals surface area (Å²) in [6.45, 7) is 4.89. The Balaban J connectivity index is 1.59. The molecule has 7 heteroatoms. The number of alkyl halides is 2. The minimum absolute atomic E-state index is 0.123. The number of amides is 2. The molecule has 2 aromatic carbocycles. The third-order valence-electron chi connectivity index (χ3n) is 4.91. The Morgan fingerprint density at radius 2 is 1.93 bits per heavy atom. The van der Waals surface area contributed by atoms with E-state index in [9.17, 15) is 18.0 Å². The van der Waals surface area contributed by atoms with Crippen LogP contribution in [-0.2, 0) is 12.5 Å². The van der Waals surface area contributed by atoms with Crippen LogP contribution in [0.1, 0.15) is 31.4 Å². The van der Waals surface area contributed by atoms with Crippen molar-refractivity contribution in [2.75, 3.05) is 18.4 Å². The summed E-state index contributed by atoms with van der Waals surface area (Å²) < 4.78 is 40.5. The minimum atomic E-state index is -3.33. The van der Waals surface area contributed by atoms with Crippen molar-refractivity contribution in [3.63, 3.8) is 0 Å². The van der Waals surface area contributed by atoms with Crippen LogP contribution in [0.4, 0.5) is 23.7 Å². The molecule has 150 valence electrons. The van der Waals surface area contributed by atoms with Crippen molar-refractivity contribution in [2.45, 2.75) is 38.3 Å². The highest BCUT2D eigenvalue weighted by atomic mass is 19.3. The van der Waals surface area contributed by atoms with Gasteiger partial charge in [0.05, 0.1) is 11.1 Å². The second-order valence-electron chi connectivity index (χ2n) is 7.67. The maximum atomic E-state index is 13.6. The molecule has 1 aliphatic rings. The molecule has 1 atom stereocenters. The molecule has 2 aromatic rings. The van der Waals surface area contributed by atoms with Gasteiger partial charge in [-0.1, -0.05) is 30.3 Å². The Bertz CT molecular complexity index is 839. The summed E-state index contributed by atoms with van der Waals surface area (Å²) in [4.78, 5) is 14.6. The Hall–Kier alpha value is -2.54. The number of halogens is 3. The van der Waals surface area contributed by atoms with Gasteiger partial charge in [0.2, 0.25) is 0 Å². The first kappa shape index (κ1) is 20.2. The molecule has 1 aliphatic heterocycles. The van der Waals surface area contributed by atoms with Crippen molar-refractivity contribution in [1.29, 1.82) is 0 Å². The third kappa shape index (κ3) is 5.04. The average molecular weight is 391 g/mol. The molecule has 1 fully saturated rings. The number of nitrogens with one attached hydrogen (secondary N) is 2. The highest BCUT2D eigenvalue weighted by molar-refractivity contribution is 5.89. The molecular weight excluding hydrogens is 367 g/mol. The normalized spacial score (nSPS) is 20.2. The van der Waals surface area contributed by atoms with Crippen LogP contribution in [0.3, 0.4) is 0 Å². The molecule has 1 heterocycles. The van der Waals surface area contributed by atoms with Crippen LogP contribution >= 0.6 is 0 Å². The fraction of sp³-hybridized carbons (Fsp3) is 0.381. The monoisotopic (exact) mass is 391 g/mol. The number of likely N-dealkylation sites (tertiary alicyclic amines) is 1. The summed E-state index contributed by atoms with van der Waals surface area (Å²) in [6.07, 6.45) is 0.773. The SMILES string of the molecule is CC1(NC(=O)Nc2ccc(F)c(C(C)(F)F)c2)CCN(Cc2ccccc2)C1. The van der Waals surface area contributed by atoms with Gasteiger partial charge in [0.15, 0.2) is 0 Å². The molecule has 0 aromatic heterocycles. The van der Waals surface area contributed by atoms with Gasteiger partial charge in [0.1, 0.15) is 5.82 Å². The molecule has 3 rings (SSSR count). The second-order valence-corrected chi connectivity index (χ2v) is 7.67. The predicted octanol–water partition coefficient (Wildman–Crippen LogP) is 4.72. The van der Waals surface area contributed by atoms with Gasteiger partial charge in [-0.15, -0.1) is 0 Å². The molecule has 4 nitrogen and oxygen atoms in total. The van der Waals surface area contributed by atoms with Gasteiger partial charge >= 0.3 is 6.03 Å². The van der Waals surface area contributed by atoms with E-state index in [0.717, 1.165) is 31.6 Å². The van der Waals surface area contributed by atoms with Gasteiger partial charge in [0.25, 0.3) is 5.92 Å². The van der Waals surface area contributed by atoms with Crippen LogP contribution in [0.5, 0.6) is 0 Å². The first-order valence-corrected chi connectivity index (χ1v) is 9.18. The molecule has 0 saturated carbocycles. The zero-order valence-corrected chi connectivity index (χ0v) is 15.9. The standard InChI is InChI=1S/C21H24F3N3O/c1-20(10-11-27(14-20)13-15-6-4-3-5-7-15)26-19(28)25-16-8-9-18(22)17(12-16)21(2,23)24/h3-9,12H,10-11,13-14H2,1-2H3,(H2,25,26,28). The number of carbonyl (C=O) groups is 1. The number of rotatable bonds is 5. The van der Waals surface area contributed by atoms with Gasteiger partial charge in [-0.05, 0) is 37.1 Å². The molecule has 1 saturated heterocycles. The zero-order chi connectivity index (χ0) is 20.4. The van der Waals surface area contributed by atoms with E-state index in [4.69, 9.17) is 0 Å². The van der Waals surface area contributed by atoms with Crippen LogP contribution < -0.4 is 10.6 Å². The van der Waals surface area contributed by atoms with E-state index < -0.39 is 28.9 Å². The second kappa shape index (κ2) is 7.83. The summed E-state index contributed by atoms with van der Waals surface area (Å²) in [6, 6.07) is 12.7. The topological polar surface area (TPSA) is 44.4 Å². The smallest absolute Gasteiger partial charge is 0.319 e. The number of anilines is 1. The van der Waals surface area contributed by atoms with Crippen LogP contribution in [0.25, 0.3) is 0 Å². The van der Waals surface area contributed by atoms with E-state index in [0.29, 0.717) is 13.5 Å². The fourth-order valence-corrected chi connectivity index (χ4v) is 3.51. The molecule has 2 amide bonds. The average Bonchev–Trinajstić information content (AvgIpc) is 2.96. The Morgan fingerprint density at radius 1 is 1.21 bits per heavy atom. The van der Waals surface area contributed by atoms with E-state index in [2.05, 4.69) is 27.7 Å². The van der Waals surface area contributed by atoms with E-state index in [1.54, 1.807) is 0 Å². The first-order valence-electron chi connectivity index (χ1n) is 9.18. The van der Waals surface area contributed by atoms with Crippen molar-refractivity contribution < 1.29 is 18.0 Å². The highest BCUT2D eigenvalue weighted by Crippen LogP contribution is 2.31. The molecule has 0 aliphatic carbocycles. The van der Waals surface area contributed by atoms with Crippen molar-refractivity contribution in [3.05, 3.63) is 65.5 Å². The maximum absolute atomic E-state index is 13.6. The number of urea groups is 1. The van der Waals surface area contributed by atoms with Crippen molar-refractivity contribution in [2.24, 2.45) is 0 Å². The van der Waals surface area contributed by atoms with Crippen LogP contribution in [0.15, 0.2) is 48.5 Å². The molecule has 2 N–H and O–H groups in total. The molecule has 0 bridgehead atoms. The minimum Gasteiger partial charge on any atom is -0.331 e. The largest absolute Gasteiger partial charge is 0.331 e. The quantitative estimate of drug-likeness (QED) is 0.774. The van der Waals surface area contributed by atoms with Crippen LogP contribution in [0.2, 0.25) is 0 Å². The predicted molar refractivity (Wildman–Crippen MR) is 103 cm³/mol. The lowest BCUT2D eigenvalue weighted by molar-refractivity contribution is 0.0138. The van der Waals surface area contributed by atoms with Gasteiger partial charge < -0.3 is 10.6 Å². The van der Waals surface area contributed by atoms with Crippen molar-refractivity contribution in [3.8, 4) is 0 Å². The highest BCUT2D eigenvalue weighted by Gasteiger charge is 2.35. The van der Waals surface area contributed by atoms with E-state index in [1.165, 1.54) is 11.6 Å². The van der Waals surface area contributed by atoms with Crippen molar-refractivity contribution in [1.82, 2.24) is 10.2 Å². The number of nitrogens with zero attached hydrogens (tertiary/aromatic N) is 1. The Morgan fingerprint density at radius 3 is 2.61 bits per heavy atom. The number of hydrogen-bond acceptors (Lipinski definition) is 2. The molecule has 1 unspecified atom stereocenters. The lowest BCUT2D eigenvalue weighted by Gasteiger charge is -2.26. The van der Waals surface area contributed by atoms with E-state index in [-0.39, 0.29) is 5.69 Å². The summed E-state index contributed by atoms with van der Waals surface area (Å²) in [7, 11) is 0. The van der Waals surface area contributed by atoms with Gasteiger partial charge in [-0.2, -0.15) is 0 Å². The molecule has 28 heavy (non-hydrogen) atoms. The lowest BCUT2D eigenvalue weighted by atomic mass is 10.0. The summed E-state index contributed by atoms with van der Waals surface area (Å²) in [5.74, 6) is -4.33. The zero-order valence-electron chi connectivity index (χ0n) is 15.9. The number of hydrogen-bond donors (Lipinski definition) is 2. The van der Waals surface area contributed by atoms with Crippen LogP contribution in [0, 0.1) is 5.82 Å². The molecule has 0 spiro atoms. The van der Waals surface area contributed by atoms with Crippen molar-refractivity contribution >= 4 is 11.7 Å². The summed E-state index contributed by atoms with van der Waals surface area (Å²) in [5, 5.41) is 5.45. The van der Waals surface area contributed by atoms with Crippen LogP contribution in [-0.4, -0.2) is 29.6 Å². The van der Waals surface area contributed by atoms with E-state index >= 15 is 0 Å². The fourth-order valence-electron chi connectivity index (χ4n) is 3.51. The maximum Gasteiger partial charge on any atom is 0.319 e. The Labute approximate surface area is 162 Å². The van der Waals surface area contributed by atoms with Gasteiger partial charge in [-0.25, -0.2) is 18.0 Å². The third-order valence-corrected chi connectivity index (χ3v) is 4.91. The number of benzene rings is 2. The molecule has 0 radical (unpaired) electrons. The summed E-state index contributed by atoms with van der Waals surface area (Å²) >= 11 is 0. The van der Waals surface area contributed by atoms with Gasteiger partial charge in [-0.3, -0.25) is 4.90 Å². The molecular formula is C21H24F3N3O. The van der Waals surface area contributed by atoms with Gasteiger partial charge in [0, 0.05) is 32.2 Å². The Kier molecular flexibility index (Phi) is 5.65. The van der Waals surface area contributed by atoms with E-state index in [1.807, 2.05) is 25.1 Å².